The minimum absolute atomic E-state index is 0.0925. The Morgan fingerprint density at radius 1 is 0.972 bits per heavy atom. The van der Waals surface area contributed by atoms with E-state index in [4.69, 9.17) is 5.10 Å². The fourth-order valence-corrected chi connectivity index (χ4v) is 4.71. The molecule has 1 saturated heterocycles. The van der Waals surface area contributed by atoms with Crippen molar-refractivity contribution in [2.24, 2.45) is 0 Å². The molecule has 1 aliphatic rings. The lowest BCUT2D eigenvalue weighted by Gasteiger charge is -2.39. The van der Waals surface area contributed by atoms with Gasteiger partial charge < -0.3 is 9.80 Å². The van der Waals surface area contributed by atoms with Crippen LogP contribution in [-0.4, -0.2) is 63.8 Å². The van der Waals surface area contributed by atoms with E-state index in [1.807, 2.05) is 26.8 Å². The average molecular weight is 496 g/mol. The number of carbonyl (C=O) groups excluding carboxylic acids is 1. The average Bonchev–Trinajstić information content (AvgIpc) is 3.18. The number of benzene rings is 2. The van der Waals surface area contributed by atoms with Crippen LogP contribution in [0.1, 0.15) is 49.3 Å². The summed E-state index contributed by atoms with van der Waals surface area (Å²) in [5.41, 5.74) is 2.80. The van der Waals surface area contributed by atoms with Gasteiger partial charge in [-0.3, -0.25) is 9.69 Å². The Hall–Kier alpha value is -3.26. The maximum Gasteiger partial charge on any atom is 0.254 e. The number of hydrogen-bond acceptors (Lipinski definition) is 4. The van der Waals surface area contributed by atoms with Gasteiger partial charge in [0.25, 0.3) is 5.91 Å². The molecule has 0 radical (unpaired) electrons. The van der Waals surface area contributed by atoms with Crippen molar-refractivity contribution in [2.45, 2.75) is 53.2 Å². The smallest absolute Gasteiger partial charge is 0.254 e. The molecule has 6 nitrogen and oxygen atoms in total. The standard InChI is InChI=1S/C28H35F2N5O/c1-19(2)32-13-15-33(16-14-32)27-26(21(5)31-35(27)25-8-6-7-24(30)17-25)18-34(20(3)4)28(36)22-9-11-23(29)12-10-22/h6-12,17,19-20H,13-16,18H2,1-5H3. The zero-order chi connectivity index (χ0) is 26.0. The largest absolute Gasteiger partial charge is 0.354 e. The minimum Gasteiger partial charge on any atom is -0.354 e. The predicted octanol–water partition coefficient (Wildman–Crippen LogP) is 5.04. The van der Waals surface area contributed by atoms with Crippen LogP contribution >= 0.6 is 0 Å². The lowest BCUT2D eigenvalue weighted by Crippen LogP contribution is -2.49. The Kier molecular flexibility index (Phi) is 7.73. The van der Waals surface area contributed by atoms with Crippen molar-refractivity contribution >= 4 is 11.7 Å². The number of anilines is 1. The van der Waals surface area contributed by atoms with Gasteiger partial charge in [0.05, 0.1) is 17.9 Å². The van der Waals surface area contributed by atoms with E-state index in [1.165, 1.54) is 36.4 Å². The van der Waals surface area contributed by atoms with E-state index in [9.17, 15) is 13.6 Å². The predicted molar refractivity (Wildman–Crippen MR) is 139 cm³/mol. The first kappa shape index (κ1) is 25.8. The van der Waals surface area contributed by atoms with Crippen molar-refractivity contribution in [1.29, 1.82) is 0 Å². The van der Waals surface area contributed by atoms with Crippen molar-refractivity contribution in [2.75, 3.05) is 31.1 Å². The number of hydrogen-bond donors (Lipinski definition) is 0. The molecule has 0 N–H and O–H groups in total. The van der Waals surface area contributed by atoms with Crippen molar-refractivity contribution in [3.8, 4) is 5.69 Å². The zero-order valence-corrected chi connectivity index (χ0v) is 21.7. The first-order chi connectivity index (χ1) is 17.2. The summed E-state index contributed by atoms with van der Waals surface area (Å²) >= 11 is 0. The summed E-state index contributed by atoms with van der Waals surface area (Å²) in [6.07, 6.45) is 0. The summed E-state index contributed by atoms with van der Waals surface area (Å²) in [6, 6.07) is 12.4. The van der Waals surface area contributed by atoms with Gasteiger partial charge >= 0.3 is 0 Å². The highest BCUT2D eigenvalue weighted by molar-refractivity contribution is 5.94. The SMILES string of the molecule is Cc1nn(-c2cccc(F)c2)c(N2CCN(C(C)C)CC2)c1CN(C(=O)c1ccc(F)cc1)C(C)C. The topological polar surface area (TPSA) is 44.6 Å². The molecule has 1 fully saturated rings. The number of nitrogens with zero attached hydrogens (tertiary/aromatic N) is 5. The minimum atomic E-state index is -0.377. The van der Waals surface area contributed by atoms with Crippen LogP contribution in [0.5, 0.6) is 0 Å². The Bertz CT molecular complexity index is 1200. The third-order valence-corrected chi connectivity index (χ3v) is 6.86. The molecule has 0 aliphatic carbocycles. The molecule has 1 aromatic heterocycles. The number of halogens is 2. The van der Waals surface area contributed by atoms with E-state index in [0.717, 1.165) is 43.3 Å². The maximum absolute atomic E-state index is 14.2. The number of carbonyl (C=O) groups is 1. The van der Waals surface area contributed by atoms with Gasteiger partial charge in [-0.25, -0.2) is 13.5 Å². The Labute approximate surface area is 212 Å². The van der Waals surface area contributed by atoms with Crippen molar-refractivity contribution in [3.63, 3.8) is 0 Å². The highest BCUT2D eigenvalue weighted by Gasteiger charge is 2.29. The van der Waals surface area contributed by atoms with Gasteiger partial charge in [-0.15, -0.1) is 0 Å². The van der Waals surface area contributed by atoms with Gasteiger partial charge in [0.1, 0.15) is 17.5 Å². The lowest BCUT2D eigenvalue weighted by molar-refractivity contribution is 0.0690. The summed E-state index contributed by atoms with van der Waals surface area (Å²) < 4.78 is 29.4. The van der Waals surface area contributed by atoms with E-state index in [1.54, 1.807) is 15.6 Å². The molecule has 3 aromatic rings. The number of rotatable bonds is 7. The quantitative estimate of drug-likeness (QED) is 0.461. The van der Waals surface area contributed by atoms with Crippen molar-refractivity contribution < 1.29 is 13.6 Å². The molecule has 0 spiro atoms. The molecule has 0 atom stereocenters. The molecule has 36 heavy (non-hydrogen) atoms. The molecule has 1 amide bonds. The first-order valence-corrected chi connectivity index (χ1v) is 12.6. The second kappa shape index (κ2) is 10.8. The zero-order valence-electron chi connectivity index (χ0n) is 21.7. The third-order valence-electron chi connectivity index (χ3n) is 6.86. The molecule has 2 aromatic carbocycles. The Morgan fingerprint density at radius 3 is 2.22 bits per heavy atom. The second-order valence-corrected chi connectivity index (χ2v) is 9.93. The molecule has 192 valence electrons. The highest BCUT2D eigenvalue weighted by atomic mass is 19.1. The molecule has 0 saturated carbocycles. The van der Waals surface area contributed by atoms with E-state index in [-0.39, 0.29) is 23.6 Å². The molecular formula is C28H35F2N5O. The van der Waals surface area contributed by atoms with Crippen LogP contribution in [0.4, 0.5) is 14.6 Å². The summed E-state index contributed by atoms with van der Waals surface area (Å²) in [5.74, 6) is 0.0170. The normalized spacial score (nSPS) is 14.6. The third kappa shape index (κ3) is 5.43. The fourth-order valence-electron chi connectivity index (χ4n) is 4.71. The van der Waals surface area contributed by atoms with Gasteiger partial charge in [-0.05, 0) is 77.1 Å². The van der Waals surface area contributed by atoms with E-state index < -0.39 is 0 Å². The van der Waals surface area contributed by atoms with Crippen LogP contribution in [0, 0.1) is 18.6 Å². The summed E-state index contributed by atoms with van der Waals surface area (Å²) in [5, 5.41) is 4.81. The van der Waals surface area contributed by atoms with Crippen LogP contribution in [-0.2, 0) is 6.54 Å². The maximum atomic E-state index is 14.2. The lowest BCUT2D eigenvalue weighted by atomic mass is 10.1. The fraction of sp³-hybridized carbons (Fsp3) is 0.429. The molecule has 1 aliphatic heterocycles. The Morgan fingerprint density at radius 2 is 1.64 bits per heavy atom. The highest BCUT2D eigenvalue weighted by Crippen LogP contribution is 2.31. The summed E-state index contributed by atoms with van der Waals surface area (Å²) in [7, 11) is 0. The second-order valence-electron chi connectivity index (χ2n) is 9.93. The monoisotopic (exact) mass is 495 g/mol. The van der Waals surface area contributed by atoms with E-state index in [2.05, 4.69) is 23.6 Å². The van der Waals surface area contributed by atoms with Crippen LogP contribution in [0.25, 0.3) is 5.69 Å². The van der Waals surface area contributed by atoms with Crippen LogP contribution in [0.15, 0.2) is 48.5 Å². The number of aromatic nitrogens is 2. The Balaban J connectivity index is 1.74. The van der Waals surface area contributed by atoms with Gasteiger partial charge in [-0.1, -0.05) is 6.07 Å². The molecule has 4 rings (SSSR count). The first-order valence-electron chi connectivity index (χ1n) is 12.6. The van der Waals surface area contributed by atoms with E-state index >= 15 is 0 Å². The van der Waals surface area contributed by atoms with Gasteiger partial charge in [0, 0.05) is 49.4 Å². The van der Waals surface area contributed by atoms with Crippen molar-refractivity contribution in [1.82, 2.24) is 19.6 Å². The summed E-state index contributed by atoms with van der Waals surface area (Å²) in [6.45, 7) is 14.0. The molecule has 8 heteroatoms. The molecular weight excluding hydrogens is 460 g/mol. The van der Waals surface area contributed by atoms with Crippen LogP contribution < -0.4 is 4.90 Å². The van der Waals surface area contributed by atoms with Gasteiger partial charge in [0.2, 0.25) is 0 Å². The van der Waals surface area contributed by atoms with Crippen LogP contribution in [0.2, 0.25) is 0 Å². The number of amides is 1. The summed E-state index contributed by atoms with van der Waals surface area (Å²) in [4.78, 5) is 20.0. The van der Waals surface area contributed by atoms with Crippen molar-refractivity contribution in [3.05, 3.63) is 77.0 Å². The van der Waals surface area contributed by atoms with Crippen LogP contribution in [0.3, 0.4) is 0 Å². The molecule has 0 unspecified atom stereocenters. The number of piperazine rings is 1. The number of aryl methyl sites for hydroxylation is 1. The van der Waals surface area contributed by atoms with E-state index in [0.29, 0.717) is 23.8 Å². The molecule has 0 bridgehead atoms. The van der Waals surface area contributed by atoms with Gasteiger partial charge in [0.15, 0.2) is 0 Å². The van der Waals surface area contributed by atoms with Gasteiger partial charge in [-0.2, -0.15) is 5.10 Å². The molecule has 2 heterocycles.